The largest absolute Gasteiger partial charge is 0.339 e. The summed E-state index contributed by atoms with van der Waals surface area (Å²) in [4.78, 5) is 38.6. The second kappa shape index (κ2) is 7.72. The van der Waals surface area contributed by atoms with Crippen molar-refractivity contribution in [3.63, 3.8) is 0 Å². The molecular weight excluding hydrogens is 282 g/mol. The van der Waals surface area contributed by atoms with Gasteiger partial charge in [0.1, 0.15) is 12.6 Å². The van der Waals surface area contributed by atoms with Crippen molar-refractivity contribution in [3.05, 3.63) is 0 Å². The van der Waals surface area contributed by atoms with E-state index >= 15 is 0 Å². The van der Waals surface area contributed by atoms with Gasteiger partial charge >= 0.3 is 15.2 Å². The molecule has 0 aliphatic rings. The monoisotopic (exact) mass is 304 g/mol. The standard InChI is InChI=1S/C8H22N2O6P2/c1-3-9(4-2)5-6-10(7-17(11,12)13)8-18(14,15)16/h3-8H2,1-2H3,(H2,11,12,13)(H2,14,15,16). The zero-order valence-corrected chi connectivity index (χ0v) is 12.4. The minimum Gasteiger partial charge on any atom is -0.324 e. The van der Waals surface area contributed by atoms with Crippen LogP contribution in [0.2, 0.25) is 0 Å². The molecule has 10 heteroatoms. The first-order valence-electron chi connectivity index (χ1n) is 5.61. The van der Waals surface area contributed by atoms with Gasteiger partial charge in [-0.2, -0.15) is 0 Å². The Balaban J connectivity index is 4.48. The lowest BCUT2D eigenvalue weighted by Gasteiger charge is -2.26. The van der Waals surface area contributed by atoms with Crippen LogP contribution in [-0.4, -0.2) is 68.1 Å². The van der Waals surface area contributed by atoms with Crippen LogP contribution in [0, 0.1) is 0 Å². The number of hydrogen-bond acceptors (Lipinski definition) is 4. The predicted octanol–water partition coefficient (Wildman–Crippen LogP) is -0.0994. The van der Waals surface area contributed by atoms with Crippen molar-refractivity contribution in [1.82, 2.24) is 9.80 Å². The van der Waals surface area contributed by atoms with Crippen molar-refractivity contribution in [3.8, 4) is 0 Å². The Morgan fingerprint density at radius 3 is 1.39 bits per heavy atom. The van der Waals surface area contributed by atoms with Gasteiger partial charge in [-0.3, -0.25) is 14.0 Å². The van der Waals surface area contributed by atoms with Gasteiger partial charge in [0.05, 0.1) is 0 Å². The normalized spacial score (nSPS) is 13.6. The lowest BCUT2D eigenvalue weighted by atomic mass is 10.4. The molecule has 0 amide bonds. The van der Waals surface area contributed by atoms with Crippen molar-refractivity contribution in [1.29, 1.82) is 0 Å². The molecule has 0 aromatic carbocycles. The zero-order valence-electron chi connectivity index (χ0n) is 10.6. The number of rotatable bonds is 9. The average Bonchev–Trinajstić information content (AvgIpc) is 2.14. The summed E-state index contributed by atoms with van der Waals surface area (Å²) in [5.41, 5.74) is 0. The van der Waals surface area contributed by atoms with E-state index in [0.717, 1.165) is 18.0 Å². The molecule has 0 fully saturated rings. The maximum absolute atomic E-state index is 10.9. The van der Waals surface area contributed by atoms with E-state index in [0.29, 0.717) is 6.54 Å². The molecule has 4 N–H and O–H groups in total. The van der Waals surface area contributed by atoms with Crippen LogP contribution in [-0.2, 0) is 9.13 Å². The van der Waals surface area contributed by atoms with Crippen LogP contribution in [0.5, 0.6) is 0 Å². The maximum atomic E-state index is 10.9. The summed E-state index contributed by atoms with van der Waals surface area (Å²) in [6.07, 6.45) is -1.28. The fourth-order valence-electron chi connectivity index (χ4n) is 1.53. The van der Waals surface area contributed by atoms with E-state index in [2.05, 4.69) is 0 Å². The Labute approximate surface area is 107 Å². The minimum atomic E-state index is -4.32. The second-order valence-corrected chi connectivity index (χ2v) is 7.26. The fraction of sp³-hybridized carbons (Fsp3) is 1.00. The summed E-state index contributed by atoms with van der Waals surface area (Å²) in [5, 5.41) is 0. The zero-order chi connectivity index (χ0) is 14.4. The predicted molar refractivity (Wildman–Crippen MR) is 68.3 cm³/mol. The quantitative estimate of drug-likeness (QED) is 0.436. The Hall–Kier alpha value is 0.220. The van der Waals surface area contributed by atoms with Gasteiger partial charge in [0.2, 0.25) is 0 Å². The molecule has 0 saturated heterocycles. The summed E-state index contributed by atoms with van der Waals surface area (Å²) in [6.45, 7) is 6.15. The van der Waals surface area contributed by atoms with E-state index in [4.69, 9.17) is 19.6 Å². The van der Waals surface area contributed by atoms with Gasteiger partial charge in [0.15, 0.2) is 0 Å². The second-order valence-electron chi connectivity index (χ2n) is 4.03. The first kappa shape index (κ1) is 18.2. The Kier molecular flexibility index (Phi) is 7.82. The summed E-state index contributed by atoms with van der Waals surface area (Å²) in [7, 11) is -8.64. The molecule has 0 aliphatic heterocycles. The Morgan fingerprint density at radius 1 is 0.778 bits per heavy atom. The van der Waals surface area contributed by atoms with Crippen molar-refractivity contribution < 1.29 is 28.7 Å². The maximum Gasteiger partial charge on any atom is 0.339 e. The third kappa shape index (κ3) is 10.2. The van der Waals surface area contributed by atoms with E-state index in [1.54, 1.807) is 0 Å². The highest BCUT2D eigenvalue weighted by molar-refractivity contribution is 7.52. The molecule has 0 aliphatic carbocycles. The van der Waals surface area contributed by atoms with Crippen molar-refractivity contribution >= 4 is 15.2 Å². The van der Waals surface area contributed by atoms with Crippen LogP contribution in [0.15, 0.2) is 0 Å². The molecule has 0 aromatic rings. The van der Waals surface area contributed by atoms with Gasteiger partial charge in [0.25, 0.3) is 0 Å². The van der Waals surface area contributed by atoms with Crippen LogP contribution in [0.4, 0.5) is 0 Å². The van der Waals surface area contributed by atoms with Crippen LogP contribution >= 0.6 is 15.2 Å². The van der Waals surface area contributed by atoms with Gasteiger partial charge in [0, 0.05) is 13.1 Å². The molecule has 0 unspecified atom stereocenters. The number of nitrogens with zero attached hydrogens (tertiary/aromatic N) is 2. The molecule has 0 aromatic heterocycles. The molecule has 110 valence electrons. The van der Waals surface area contributed by atoms with Crippen LogP contribution in [0.1, 0.15) is 13.8 Å². The van der Waals surface area contributed by atoms with Crippen molar-refractivity contribution in [2.45, 2.75) is 13.8 Å². The SMILES string of the molecule is CCN(CC)CCN(CP(=O)(O)O)CP(=O)(O)O. The van der Waals surface area contributed by atoms with Gasteiger partial charge in [-0.05, 0) is 13.1 Å². The molecule has 0 saturated carbocycles. The molecule has 8 nitrogen and oxygen atoms in total. The smallest absolute Gasteiger partial charge is 0.324 e. The third-order valence-electron chi connectivity index (χ3n) is 2.40. The van der Waals surface area contributed by atoms with Crippen LogP contribution < -0.4 is 0 Å². The molecule has 0 atom stereocenters. The highest BCUT2D eigenvalue weighted by atomic mass is 31.2. The molecule has 0 rings (SSSR count). The lowest BCUT2D eigenvalue weighted by Crippen LogP contribution is -2.36. The lowest BCUT2D eigenvalue weighted by molar-refractivity contribution is 0.228. The molecular formula is C8H22N2O6P2. The topological polar surface area (TPSA) is 122 Å². The summed E-state index contributed by atoms with van der Waals surface area (Å²) in [5.74, 6) is 0. The Bertz CT molecular complexity index is 300. The number of hydrogen-bond donors (Lipinski definition) is 4. The molecule has 0 radical (unpaired) electrons. The van der Waals surface area contributed by atoms with E-state index in [1.165, 1.54) is 0 Å². The average molecular weight is 304 g/mol. The molecule has 0 bridgehead atoms. The van der Waals surface area contributed by atoms with E-state index in [9.17, 15) is 9.13 Å². The number of likely N-dealkylation sites (N-methyl/N-ethyl adjacent to an activating group) is 1. The van der Waals surface area contributed by atoms with E-state index in [1.807, 2.05) is 18.7 Å². The van der Waals surface area contributed by atoms with Gasteiger partial charge in [-0.15, -0.1) is 0 Å². The first-order valence-corrected chi connectivity index (χ1v) is 9.20. The summed E-state index contributed by atoms with van der Waals surface area (Å²) >= 11 is 0. The minimum absolute atomic E-state index is 0.206. The fourth-order valence-corrected chi connectivity index (χ4v) is 3.21. The molecule has 0 heterocycles. The van der Waals surface area contributed by atoms with Crippen LogP contribution in [0.3, 0.4) is 0 Å². The summed E-state index contributed by atoms with van der Waals surface area (Å²) < 4.78 is 21.8. The summed E-state index contributed by atoms with van der Waals surface area (Å²) in [6, 6.07) is 0. The molecule has 18 heavy (non-hydrogen) atoms. The van der Waals surface area contributed by atoms with E-state index < -0.39 is 27.8 Å². The van der Waals surface area contributed by atoms with Gasteiger partial charge in [-0.25, -0.2) is 0 Å². The van der Waals surface area contributed by atoms with Gasteiger partial charge < -0.3 is 24.5 Å². The van der Waals surface area contributed by atoms with E-state index in [-0.39, 0.29) is 6.54 Å². The highest BCUT2D eigenvalue weighted by Crippen LogP contribution is 2.40. The van der Waals surface area contributed by atoms with Crippen molar-refractivity contribution in [2.24, 2.45) is 0 Å². The third-order valence-corrected chi connectivity index (χ3v) is 3.93. The Morgan fingerprint density at radius 2 is 1.11 bits per heavy atom. The first-order chi connectivity index (χ1) is 8.07. The van der Waals surface area contributed by atoms with Crippen LogP contribution in [0.25, 0.3) is 0 Å². The van der Waals surface area contributed by atoms with Crippen molar-refractivity contribution in [2.75, 3.05) is 38.8 Å². The highest BCUT2D eigenvalue weighted by Gasteiger charge is 2.25. The molecule has 0 spiro atoms. The van der Waals surface area contributed by atoms with Gasteiger partial charge in [-0.1, -0.05) is 13.8 Å².